The average molecular weight is 321 g/mol. The molecule has 0 radical (unpaired) electrons. The van der Waals surface area contributed by atoms with Gasteiger partial charge in [-0.1, -0.05) is 0 Å². The van der Waals surface area contributed by atoms with E-state index in [1.54, 1.807) is 19.1 Å². The van der Waals surface area contributed by atoms with E-state index in [0.29, 0.717) is 24.2 Å². The molecular formula is C16H23N3O4. The molecule has 0 heterocycles. The smallest absolute Gasteiger partial charge is 0.274 e. The van der Waals surface area contributed by atoms with Gasteiger partial charge < -0.3 is 20.7 Å². The summed E-state index contributed by atoms with van der Waals surface area (Å²) in [6, 6.07) is 5.13. The van der Waals surface area contributed by atoms with Crippen molar-refractivity contribution in [3.63, 3.8) is 0 Å². The number of carbonyl (C=O) groups excluding carboxylic acids is 1. The summed E-state index contributed by atoms with van der Waals surface area (Å²) in [7, 11) is 1.52. The lowest BCUT2D eigenvalue weighted by atomic mass is 9.99. The molecule has 1 atom stereocenters. The van der Waals surface area contributed by atoms with E-state index >= 15 is 0 Å². The Kier molecular flexibility index (Phi) is 7.93. The first kappa shape index (κ1) is 18.8. The topological polar surface area (TPSA) is 115 Å². The van der Waals surface area contributed by atoms with Crippen molar-refractivity contribution >= 4 is 18.3 Å². The highest BCUT2D eigenvalue weighted by atomic mass is 16.7. The molecule has 0 aliphatic heterocycles. The Balaban J connectivity index is 2.83. The molecule has 7 nitrogen and oxygen atoms in total. The molecule has 1 rings (SSSR count). The predicted octanol–water partition coefficient (Wildman–Crippen LogP) is 1.59. The van der Waals surface area contributed by atoms with Crippen molar-refractivity contribution in [3.05, 3.63) is 29.3 Å². The van der Waals surface area contributed by atoms with E-state index in [2.05, 4.69) is 5.48 Å². The van der Waals surface area contributed by atoms with Crippen LogP contribution >= 0.6 is 0 Å². The number of rotatable bonds is 10. The molecule has 1 amide bonds. The van der Waals surface area contributed by atoms with Gasteiger partial charge in [-0.15, -0.1) is 0 Å². The molecule has 1 aromatic carbocycles. The van der Waals surface area contributed by atoms with Crippen LogP contribution in [-0.2, 0) is 11.3 Å². The van der Waals surface area contributed by atoms with Gasteiger partial charge in [-0.3, -0.25) is 9.63 Å². The van der Waals surface area contributed by atoms with Gasteiger partial charge in [0.15, 0.2) is 0 Å². The molecule has 0 spiro atoms. The molecule has 4 N–H and O–H groups in total. The lowest BCUT2D eigenvalue weighted by Gasteiger charge is -2.13. The molecule has 0 aliphatic rings. The Bertz CT molecular complexity index is 540. The number of amides is 1. The molecule has 0 aromatic heterocycles. The van der Waals surface area contributed by atoms with Gasteiger partial charge in [0.25, 0.3) is 5.91 Å². The number of aliphatic hydroxyl groups excluding tert-OH is 1. The summed E-state index contributed by atoms with van der Waals surface area (Å²) in [4.78, 5) is 17.1. The van der Waals surface area contributed by atoms with E-state index < -0.39 is 12.0 Å². The minimum atomic E-state index is -0.495. The maximum absolute atomic E-state index is 12.1. The van der Waals surface area contributed by atoms with E-state index in [1.807, 2.05) is 6.07 Å². The van der Waals surface area contributed by atoms with Crippen molar-refractivity contribution in [2.24, 2.45) is 5.92 Å². The Labute approximate surface area is 135 Å². The predicted molar refractivity (Wildman–Crippen MR) is 87.5 cm³/mol. The third-order valence-electron chi connectivity index (χ3n) is 3.27. The molecule has 0 bridgehead atoms. The fraction of sp³-hybridized carbons (Fsp3) is 0.438. The van der Waals surface area contributed by atoms with Crippen LogP contribution in [-0.4, -0.2) is 43.3 Å². The quantitative estimate of drug-likeness (QED) is 0.387. The first-order chi connectivity index (χ1) is 11.0. The van der Waals surface area contributed by atoms with Gasteiger partial charge in [-0.05, 0) is 43.5 Å². The van der Waals surface area contributed by atoms with Gasteiger partial charge in [0.2, 0.25) is 0 Å². The van der Waals surface area contributed by atoms with Crippen LogP contribution in [0.1, 0.15) is 29.3 Å². The Morgan fingerprint density at radius 1 is 1.35 bits per heavy atom. The van der Waals surface area contributed by atoms with Gasteiger partial charge in [0.1, 0.15) is 11.9 Å². The number of hydroxylamine groups is 1. The molecule has 0 saturated carbocycles. The van der Waals surface area contributed by atoms with Crippen LogP contribution in [0.3, 0.4) is 0 Å². The second kappa shape index (κ2) is 9.70. The van der Waals surface area contributed by atoms with Gasteiger partial charge in [-0.2, -0.15) is 0 Å². The zero-order valence-corrected chi connectivity index (χ0v) is 13.3. The Hall–Kier alpha value is -2.25. The van der Waals surface area contributed by atoms with Crippen molar-refractivity contribution < 1.29 is 19.5 Å². The third-order valence-corrected chi connectivity index (χ3v) is 3.27. The summed E-state index contributed by atoms with van der Waals surface area (Å²) >= 11 is 0. The molecule has 0 aliphatic carbocycles. The first-order valence-corrected chi connectivity index (χ1v) is 7.30. The van der Waals surface area contributed by atoms with Gasteiger partial charge >= 0.3 is 0 Å². The molecule has 1 aromatic rings. The van der Waals surface area contributed by atoms with Crippen LogP contribution in [0.15, 0.2) is 18.2 Å². The highest BCUT2D eigenvalue weighted by molar-refractivity contribution is 5.94. The second-order valence-corrected chi connectivity index (χ2v) is 5.15. The monoisotopic (exact) mass is 321 g/mol. The SMILES string of the molecule is COc1cc(CCC(C=N)C=N)cc(C(=O)NOC(C)CO)c1. The van der Waals surface area contributed by atoms with Gasteiger partial charge in [0, 0.05) is 23.9 Å². The lowest BCUT2D eigenvalue weighted by molar-refractivity contribution is -0.0304. The van der Waals surface area contributed by atoms with Crippen LogP contribution < -0.4 is 10.2 Å². The number of hydrogen-bond acceptors (Lipinski definition) is 6. The molecular weight excluding hydrogens is 298 g/mol. The number of ether oxygens (including phenoxy) is 1. The van der Waals surface area contributed by atoms with Crippen LogP contribution in [0.4, 0.5) is 0 Å². The lowest BCUT2D eigenvalue weighted by Crippen LogP contribution is -2.30. The maximum atomic E-state index is 12.1. The van der Waals surface area contributed by atoms with E-state index in [9.17, 15) is 4.79 Å². The minimum Gasteiger partial charge on any atom is -0.497 e. The van der Waals surface area contributed by atoms with Gasteiger partial charge in [0.05, 0.1) is 13.7 Å². The number of benzene rings is 1. The van der Waals surface area contributed by atoms with Crippen LogP contribution in [0.5, 0.6) is 5.75 Å². The zero-order chi connectivity index (χ0) is 17.2. The van der Waals surface area contributed by atoms with Gasteiger partial charge in [-0.25, -0.2) is 5.48 Å². The summed E-state index contributed by atoms with van der Waals surface area (Å²) in [5.74, 6) is -0.0996. The highest BCUT2D eigenvalue weighted by Gasteiger charge is 2.12. The number of nitrogens with one attached hydrogen (secondary N) is 3. The van der Waals surface area contributed by atoms with Crippen LogP contribution in [0.2, 0.25) is 0 Å². The van der Waals surface area contributed by atoms with E-state index in [-0.39, 0.29) is 12.5 Å². The zero-order valence-electron chi connectivity index (χ0n) is 13.3. The summed E-state index contributed by atoms with van der Waals surface area (Å²) < 4.78 is 5.20. The number of aliphatic hydroxyl groups is 1. The normalized spacial score (nSPS) is 13.0. The molecule has 126 valence electrons. The minimum absolute atomic E-state index is 0.196. The maximum Gasteiger partial charge on any atom is 0.274 e. The van der Waals surface area contributed by atoms with E-state index in [0.717, 1.165) is 5.56 Å². The van der Waals surface area contributed by atoms with Crippen LogP contribution in [0.25, 0.3) is 0 Å². The second-order valence-electron chi connectivity index (χ2n) is 5.15. The van der Waals surface area contributed by atoms with Crippen molar-refractivity contribution in [2.45, 2.75) is 25.9 Å². The largest absolute Gasteiger partial charge is 0.497 e. The molecule has 7 heteroatoms. The van der Waals surface area contributed by atoms with E-state index in [1.165, 1.54) is 19.5 Å². The summed E-state index contributed by atoms with van der Waals surface area (Å²) in [6.45, 7) is 1.43. The number of aryl methyl sites for hydroxylation is 1. The van der Waals surface area contributed by atoms with Crippen molar-refractivity contribution in [2.75, 3.05) is 13.7 Å². The molecule has 0 fully saturated rings. The summed E-state index contributed by atoms with van der Waals surface area (Å²) in [6.07, 6.45) is 3.18. The Morgan fingerprint density at radius 2 is 2.04 bits per heavy atom. The highest BCUT2D eigenvalue weighted by Crippen LogP contribution is 2.19. The van der Waals surface area contributed by atoms with Crippen molar-refractivity contribution in [1.82, 2.24) is 5.48 Å². The summed E-state index contributed by atoms with van der Waals surface area (Å²) in [5, 5.41) is 23.3. The Morgan fingerprint density at radius 3 is 2.61 bits per heavy atom. The third kappa shape index (κ3) is 6.17. The number of methoxy groups -OCH3 is 1. The van der Waals surface area contributed by atoms with E-state index in [4.69, 9.17) is 25.5 Å². The number of hydrogen-bond donors (Lipinski definition) is 4. The fourth-order valence-corrected chi connectivity index (χ4v) is 1.85. The fourth-order valence-electron chi connectivity index (χ4n) is 1.85. The summed E-state index contributed by atoms with van der Waals surface area (Å²) in [5.41, 5.74) is 3.54. The average Bonchev–Trinajstić information content (AvgIpc) is 2.59. The number of carbonyl (C=O) groups is 1. The van der Waals surface area contributed by atoms with Crippen LogP contribution in [0, 0.1) is 16.7 Å². The molecule has 0 saturated heterocycles. The standard InChI is InChI=1S/C16H23N3O4/c1-11(10-20)23-19-16(21)14-5-12(6-15(7-14)22-2)3-4-13(8-17)9-18/h5-9,11,13,17-18,20H,3-4,10H2,1-2H3,(H,19,21). The van der Waals surface area contributed by atoms with Crippen molar-refractivity contribution in [3.8, 4) is 5.75 Å². The first-order valence-electron chi connectivity index (χ1n) is 7.30. The molecule has 1 unspecified atom stereocenters. The molecule has 23 heavy (non-hydrogen) atoms. The van der Waals surface area contributed by atoms with Crippen molar-refractivity contribution in [1.29, 1.82) is 10.8 Å².